The molecule has 1 aromatic heterocycles. The van der Waals surface area contributed by atoms with Crippen LogP contribution in [0.25, 0.3) is 0 Å². The van der Waals surface area contributed by atoms with Gasteiger partial charge >= 0.3 is 0 Å². The summed E-state index contributed by atoms with van der Waals surface area (Å²) in [6.07, 6.45) is 0.324. The first-order chi connectivity index (χ1) is 6.70. The average molecular weight is 278 g/mol. The van der Waals surface area contributed by atoms with Crippen LogP contribution in [0.3, 0.4) is 0 Å². The van der Waals surface area contributed by atoms with Gasteiger partial charge in [-0.3, -0.25) is 0 Å². The van der Waals surface area contributed by atoms with Gasteiger partial charge in [0.05, 0.1) is 12.7 Å². The molecule has 1 N–H and O–H groups in total. The van der Waals surface area contributed by atoms with E-state index < -0.39 is 0 Å². The largest absolute Gasteiger partial charge is 0.377 e. The van der Waals surface area contributed by atoms with Crippen molar-refractivity contribution in [2.45, 2.75) is 26.5 Å². The van der Waals surface area contributed by atoms with Crippen LogP contribution in [-0.4, -0.2) is 19.3 Å². The second-order valence-corrected chi connectivity index (χ2v) is 5.14. The van der Waals surface area contributed by atoms with Crippen molar-refractivity contribution in [1.29, 1.82) is 0 Å². The molecule has 14 heavy (non-hydrogen) atoms. The summed E-state index contributed by atoms with van der Waals surface area (Å²) in [6, 6.07) is 2.08. The van der Waals surface area contributed by atoms with Crippen molar-refractivity contribution in [1.82, 2.24) is 5.32 Å². The van der Waals surface area contributed by atoms with Crippen molar-refractivity contribution in [2.24, 2.45) is 0 Å². The second kappa shape index (κ2) is 6.56. The van der Waals surface area contributed by atoms with Crippen LogP contribution < -0.4 is 5.32 Å². The second-order valence-electron chi connectivity index (χ2n) is 3.29. The molecule has 1 rings (SSSR count). The molecule has 0 amide bonds. The highest BCUT2D eigenvalue weighted by Crippen LogP contribution is 2.21. The van der Waals surface area contributed by atoms with Crippen LogP contribution in [0.4, 0.5) is 0 Å². The minimum absolute atomic E-state index is 0.324. The fraction of sp³-hybridized carbons (Fsp3) is 0.600. The van der Waals surface area contributed by atoms with Gasteiger partial charge in [0.15, 0.2) is 0 Å². The molecule has 0 bridgehead atoms. The van der Waals surface area contributed by atoms with E-state index in [0.717, 1.165) is 19.7 Å². The van der Waals surface area contributed by atoms with Crippen molar-refractivity contribution in [3.63, 3.8) is 0 Å². The summed E-state index contributed by atoms with van der Waals surface area (Å²) >= 11 is 5.26. The summed E-state index contributed by atoms with van der Waals surface area (Å²) in [5.74, 6) is 0. The van der Waals surface area contributed by atoms with E-state index in [1.54, 1.807) is 11.3 Å². The van der Waals surface area contributed by atoms with Crippen LogP contribution in [0.15, 0.2) is 15.9 Å². The van der Waals surface area contributed by atoms with Crippen LogP contribution in [0, 0.1) is 0 Å². The molecule has 0 radical (unpaired) electrons. The number of hydrogen-bond acceptors (Lipinski definition) is 3. The number of nitrogens with one attached hydrogen (secondary N) is 1. The number of thiophene rings is 1. The summed E-state index contributed by atoms with van der Waals surface area (Å²) in [5, 5.41) is 5.43. The van der Waals surface area contributed by atoms with Crippen LogP contribution in [0.2, 0.25) is 0 Å². The summed E-state index contributed by atoms with van der Waals surface area (Å²) in [4.78, 5) is 1.34. The minimum Gasteiger partial charge on any atom is -0.377 e. The van der Waals surface area contributed by atoms with E-state index >= 15 is 0 Å². The smallest absolute Gasteiger partial charge is 0.0594 e. The molecule has 0 atom stereocenters. The van der Waals surface area contributed by atoms with Gasteiger partial charge in [0, 0.05) is 22.4 Å². The van der Waals surface area contributed by atoms with E-state index in [4.69, 9.17) is 4.74 Å². The Balaban J connectivity index is 2.08. The maximum Gasteiger partial charge on any atom is 0.0594 e. The molecule has 0 saturated heterocycles. The molecule has 0 aliphatic carbocycles. The van der Waals surface area contributed by atoms with Crippen LogP contribution in [0.5, 0.6) is 0 Å². The fourth-order valence-electron chi connectivity index (χ4n) is 1.02. The highest BCUT2D eigenvalue weighted by Gasteiger charge is 1.99. The monoisotopic (exact) mass is 277 g/mol. The Kier molecular flexibility index (Phi) is 5.70. The summed E-state index contributed by atoms with van der Waals surface area (Å²) in [6.45, 7) is 6.70. The van der Waals surface area contributed by atoms with Crippen LogP contribution >= 0.6 is 27.3 Å². The van der Waals surface area contributed by atoms with E-state index in [-0.39, 0.29) is 0 Å². The predicted octanol–water partition coefficient (Wildman–Crippen LogP) is 3.03. The van der Waals surface area contributed by atoms with Gasteiger partial charge in [-0.1, -0.05) is 0 Å². The zero-order valence-electron chi connectivity index (χ0n) is 8.55. The average Bonchev–Trinajstić information content (AvgIpc) is 2.51. The first-order valence-electron chi connectivity index (χ1n) is 4.74. The molecule has 0 saturated carbocycles. The van der Waals surface area contributed by atoms with Crippen molar-refractivity contribution in [2.75, 3.05) is 13.2 Å². The molecular weight excluding hydrogens is 262 g/mol. The molecule has 0 aliphatic heterocycles. The standard InChI is InChI=1S/C10H16BrNOS/c1-8(2)13-5-4-12-7-10-9(11)3-6-14-10/h3,6,8,12H,4-5,7H2,1-2H3. The third kappa shape index (κ3) is 4.55. The lowest BCUT2D eigenvalue weighted by Gasteiger charge is -2.07. The zero-order chi connectivity index (χ0) is 10.4. The third-order valence-corrected chi connectivity index (χ3v) is 3.63. The molecule has 2 nitrogen and oxygen atoms in total. The maximum absolute atomic E-state index is 5.42. The maximum atomic E-state index is 5.42. The van der Waals surface area contributed by atoms with Crippen molar-refractivity contribution >= 4 is 27.3 Å². The molecule has 4 heteroatoms. The van der Waals surface area contributed by atoms with E-state index in [1.165, 1.54) is 9.35 Å². The highest BCUT2D eigenvalue weighted by atomic mass is 79.9. The molecule has 0 aliphatic rings. The van der Waals surface area contributed by atoms with Crippen LogP contribution in [-0.2, 0) is 11.3 Å². The quantitative estimate of drug-likeness (QED) is 0.808. The lowest BCUT2D eigenvalue weighted by atomic mass is 10.4. The van der Waals surface area contributed by atoms with Gasteiger partial charge in [0.1, 0.15) is 0 Å². The predicted molar refractivity (Wildman–Crippen MR) is 64.8 cm³/mol. The van der Waals surface area contributed by atoms with Gasteiger partial charge in [0.25, 0.3) is 0 Å². The number of hydrogen-bond donors (Lipinski definition) is 1. The first-order valence-corrected chi connectivity index (χ1v) is 6.41. The number of ether oxygens (including phenoxy) is 1. The Labute approximate surface area is 97.8 Å². The van der Waals surface area contributed by atoms with Crippen molar-refractivity contribution < 1.29 is 4.74 Å². The highest BCUT2D eigenvalue weighted by molar-refractivity contribution is 9.10. The first kappa shape index (κ1) is 12.2. The Morgan fingerprint density at radius 2 is 2.36 bits per heavy atom. The van der Waals surface area contributed by atoms with Gasteiger partial charge in [-0.05, 0) is 41.2 Å². The minimum atomic E-state index is 0.324. The van der Waals surface area contributed by atoms with Gasteiger partial charge in [-0.2, -0.15) is 0 Å². The van der Waals surface area contributed by atoms with Gasteiger partial charge in [-0.15, -0.1) is 11.3 Å². The molecule has 0 spiro atoms. The molecule has 1 heterocycles. The molecule has 80 valence electrons. The number of halogens is 1. The molecule has 0 unspecified atom stereocenters. The van der Waals surface area contributed by atoms with E-state index in [1.807, 2.05) is 0 Å². The van der Waals surface area contributed by atoms with Gasteiger partial charge < -0.3 is 10.1 Å². The third-order valence-electron chi connectivity index (χ3n) is 1.71. The van der Waals surface area contributed by atoms with Crippen molar-refractivity contribution in [3.05, 3.63) is 20.8 Å². The molecule has 1 aromatic rings. The summed E-state index contributed by atoms with van der Waals surface area (Å²) in [7, 11) is 0. The Morgan fingerprint density at radius 1 is 1.57 bits per heavy atom. The fourth-order valence-corrected chi connectivity index (χ4v) is 2.48. The SMILES string of the molecule is CC(C)OCCNCc1sccc1Br. The summed E-state index contributed by atoms with van der Waals surface area (Å²) < 4.78 is 6.61. The van der Waals surface area contributed by atoms with E-state index in [9.17, 15) is 0 Å². The van der Waals surface area contributed by atoms with E-state index in [2.05, 4.69) is 46.5 Å². The Hall–Kier alpha value is 0.100. The molecule has 0 fully saturated rings. The lowest BCUT2D eigenvalue weighted by Crippen LogP contribution is -2.20. The van der Waals surface area contributed by atoms with Gasteiger partial charge in [-0.25, -0.2) is 0 Å². The zero-order valence-corrected chi connectivity index (χ0v) is 11.0. The topological polar surface area (TPSA) is 21.3 Å². The molecule has 0 aromatic carbocycles. The van der Waals surface area contributed by atoms with Crippen LogP contribution in [0.1, 0.15) is 18.7 Å². The van der Waals surface area contributed by atoms with Gasteiger partial charge in [0.2, 0.25) is 0 Å². The lowest BCUT2D eigenvalue weighted by molar-refractivity contribution is 0.0807. The Morgan fingerprint density at radius 3 is 2.93 bits per heavy atom. The normalized spacial score (nSPS) is 11.1. The van der Waals surface area contributed by atoms with Crippen molar-refractivity contribution in [3.8, 4) is 0 Å². The Bertz CT molecular complexity index is 262. The van der Waals surface area contributed by atoms with E-state index in [0.29, 0.717) is 6.10 Å². The number of rotatable bonds is 6. The molecular formula is C10H16BrNOS. The summed E-state index contributed by atoms with van der Waals surface area (Å²) in [5.41, 5.74) is 0.